The Kier molecular flexibility index (Phi) is 4.92. The highest BCUT2D eigenvalue weighted by Gasteiger charge is 2.08. The molecule has 2 N–H and O–H groups in total. The van der Waals surface area contributed by atoms with E-state index in [1.807, 2.05) is 0 Å². The highest BCUT2D eigenvalue weighted by Crippen LogP contribution is 2.20. The zero-order valence-corrected chi connectivity index (χ0v) is 9.56. The number of unbranched alkanes of at least 4 members (excludes halogenated alkanes) is 2. The van der Waals surface area contributed by atoms with Crippen molar-refractivity contribution in [3.05, 3.63) is 39.9 Å². The predicted molar refractivity (Wildman–Crippen MR) is 64.2 cm³/mol. The maximum absolute atomic E-state index is 10.5. The van der Waals surface area contributed by atoms with Crippen molar-refractivity contribution in [3.8, 4) is 0 Å². The van der Waals surface area contributed by atoms with E-state index in [0.29, 0.717) is 0 Å². The summed E-state index contributed by atoms with van der Waals surface area (Å²) in [6.45, 7) is 2.15. The van der Waals surface area contributed by atoms with Crippen molar-refractivity contribution in [2.45, 2.75) is 38.6 Å². The van der Waals surface area contributed by atoms with Gasteiger partial charge in [0, 0.05) is 18.2 Å². The molecule has 0 heterocycles. The number of non-ortho nitro benzene ring substituents is 1. The summed E-state index contributed by atoms with van der Waals surface area (Å²) >= 11 is 0. The van der Waals surface area contributed by atoms with Gasteiger partial charge in [-0.2, -0.15) is 0 Å². The molecule has 0 bridgehead atoms. The number of benzene rings is 1. The highest BCUT2D eigenvalue weighted by molar-refractivity contribution is 5.34. The van der Waals surface area contributed by atoms with Crippen molar-refractivity contribution in [3.63, 3.8) is 0 Å². The van der Waals surface area contributed by atoms with Crippen molar-refractivity contribution in [2.75, 3.05) is 0 Å². The van der Waals surface area contributed by atoms with Gasteiger partial charge < -0.3 is 5.73 Å². The van der Waals surface area contributed by atoms with Crippen LogP contribution >= 0.6 is 0 Å². The summed E-state index contributed by atoms with van der Waals surface area (Å²) in [5, 5.41) is 10.5. The van der Waals surface area contributed by atoms with Gasteiger partial charge in [0.2, 0.25) is 0 Å². The van der Waals surface area contributed by atoms with Gasteiger partial charge in [-0.25, -0.2) is 0 Å². The van der Waals surface area contributed by atoms with Gasteiger partial charge in [-0.05, 0) is 12.0 Å². The first-order chi connectivity index (χ1) is 7.65. The van der Waals surface area contributed by atoms with Crippen LogP contribution in [-0.2, 0) is 0 Å². The van der Waals surface area contributed by atoms with E-state index in [0.717, 1.165) is 18.4 Å². The fourth-order valence-electron chi connectivity index (χ4n) is 1.62. The van der Waals surface area contributed by atoms with Gasteiger partial charge >= 0.3 is 0 Å². The third-order valence-corrected chi connectivity index (χ3v) is 2.65. The quantitative estimate of drug-likeness (QED) is 0.456. The first-order valence-corrected chi connectivity index (χ1v) is 5.65. The topological polar surface area (TPSA) is 69.2 Å². The summed E-state index contributed by atoms with van der Waals surface area (Å²) in [5.41, 5.74) is 7.08. The van der Waals surface area contributed by atoms with E-state index in [1.54, 1.807) is 12.1 Å². The zero-order chi connectivity index (χ0) is 12.0. The first kappa shape index (κ1) is 12.6. The maximum Gasteiger partial charge on any atom is 0.269 e. The third kappa shape index (κ3) is 3.62. The van der Waals surface area contributed by atoms with Crippen LogP contribution in [0.2, 0.25) is 0 Å². The van der Waals surface area contributed by atoms with E-state index >= 15 is 0 Å². The van der Waals surface area contributed by atoms with Crippen LogP contribution in [0, 0.1) is 10.1 Å². The average molecular weight is 222 g/mol. The van der Waals surface area contributed by atoms with Crippen molar-refractivity contribution in [2.24, 2.45) is 5.73 Å². The lowest BCUT2D eigenvalue weighted by molar-refractivity contribution is -0.384. The van der Waals surface area contributed by atoms with Crippen molar-refractivity contribution >= 4 is 5.69 Å². The normalized spacial score (nSPS) is 12.4. The van der Waals surface area contributed by atoms with E-state index in [2.05, 4.69) is 6.92 Å². The molecule has 0 amide bonds. The Bertz CT molecular complexity index is 335. The van der Waals surface area contributed by atoms with E-state index in [1.165, 1.54) is 25.0 Å². The lowest BCUT2D eigenvalue weighted by Crippen LogP contribution is -2.09. The zero-order valence-electron chi connectivity index (χ0n) is 9.56. The van der Waals surface area contributed by atoms with Crippen LogP contribution < -0.4 is 5.73 Å². The molecule has 0 unspecified atom stereocenters. The van der Waals surface area contributed by atoms with Crippen molar-refractivity contribution in [1.29, 1.82) is 0 Å². The Hall–Kier alpha value is -1.42. The molecule has 1 rings (SSSR count). The Labute approximate surface area is 95.6 Å². The van der Waals surface area contributed by atoms with Gasteiger partial charge in [0.25, 0.3) is 5.69 Å². The largest absolute Gasteiger partial charge is 0.324 e. The second-order valence-corrected chi connectivity index (χ2v) is 3.95. The molecule has 1 atom stereocenters. The number of nitro benzene ring substituents is 1. The van der Waals surface area contributed by atoms with Crippen LogP contribution in [0.1, 0.15) is 44.2 Å². The van der Waals surface area contributed by atoms with E-state index in [4.69, 9.17) is 5.73 Å². The molecule has 0 saturated carbocycles. The van der Waals surface area contributed by atoms with Gasteiger partial charge in [-0.3, -0.25) is 10.1 Å². The molecule has 0 aliphatic carbocycles. The van der Waals surface area contributed by atoms with E-state index in [-0.39, 0.29) is 11.7 Å². The molecule has 0 aromatic heterocycles. The van der Waals surface area contributed by atoms with Crippen LogP contribution in [0.3, 0.4) is 0 Å². The van der Waals surface area contributed by atoms with Gasteiger partial charge in [0.1, 0.15) is 0 Å². The molecule has 4 nitrogen and oxygen atoms in total. The molecule has 4 heteroatoms. The minimum absolute atomic E-state index is 0.00708. The number of hydrogen-bond acceptors (Lipinski definition) is 3. The Morgan fingerprint density at radius 1 is 1.31 bits per heavy atom. The van der Waals surface area contributed by atoms with Crippen LogP contribution in [0.4, 0.5) is 5.69 Å². The molecule has 0 spiro atoms. The molecular formula is C12H18N2O2. The molecule has 0 radical (unpaired) electrons. The van der Waals surface area contributed by atoms with Crippen molar-refractivity contribution < 1.29 is 4.92 Å². The number of rotatable bonds is 6. The van der Waals surface area contributed by atoms with E-state index < -0.39 is 4.92 Å². The molecular weight excluding hydrogens is 204 g/mol. The predicted octanol–water partition coefficient (Wildman–Crippen LogP) is 3.17. The summed E-state index contributed by atoms with van der Waals surface area (Å²) in [5.74, 6) is 0. The fraction of sp³-hybridized carbons (Fsp3) is 0.500. The highest BCUT2D eigenvalue weighted by atomic mass is 16.6. The Morgan fingerprint density at radius 3 is 2.44 bits per heavy atom. The average Bonchev–Trinajstić information content (AvgIpc) is 2.29. The van der Waals surface area contributed by atoms with Gasteiger partial charge in [-0.1, -0.05) is 38.3 Å². The molecule has 1 aromatic carbocycles. The molecule has 16 heavy (non-hydrogen) atoms. The third-order valence-electron chi connectivity index (χ3n) is 2.65. The van der Waals surface area contributed by atoms with Crippen molar-refractivity contribution in [1.82, 2.24) is 0 Å². The SMILES string of the molecule is CCCCC[C@H](N)c1ccc([N+](=O)[O-])cc1. The van der Waals surface area contributed by atoms with Crippen LogP contribution in [0.5, 0.6) is 0 Å². The van der Waals surface area contributed by atoms with Crippen LogP contribution in [-0.4, -0.2) is 4.92 Å². The Morgan fingerprint density at radius 2 is 1.94 bits per heavy atom. The van der Waals surface area contributed by atoms with Crippen LogP contribution in [0.25, 0.3) is 0 Å². The number of hydrogen-bond donors (Lipinski definition) is 1. The Balaban J connectivity index is 2.56. The monoisotopic (exact) mass is 222 g/mol. The molecule has 0 saturated heterocycles. The standard InChI is InChI=1S/C12H18N2O2/c1-2-3-4-5-12(13)10-6-8-11(9-7-10)14(15)16/h6-9,12H,2-5,13H2,1H3/t12-/m0/s1. The summed E-state index contributed by atoms with van der Waals surface area (Å²) in [7, 11) is 0. The van der Waals surface area contributed by atoms with Crippen LogP contribution in [0.15, 0.2) is 24.3 Å². The molecule has 1 aromatic rings. The lowest BCUT2D eigenvalue weighted by atomic mass is 10.0. The van der Waals surface area contributed by atoms with Gasteiger partial charge in [0.05, 0.1) is 4.92 Å². The molecule has 0 aliphatic rings. The fourth-order valence-corrected chi connectivity index (χ4v) is 1.62. The summed E-state index contributed by atoms with van der Waals surface area (Å²) < 4.78 is 0. The summed E-state index contributed by atoms with van der Waals surface area (Å²) in [4.78, 5) is 10.1. The lowest BCUT2D eigenvalue weighted by Gasteiger charge is -2.11. The maximum atomic E-state index is 10.5. The molecule has 88 valence electrons. The summed E-state index contributed by atoms with van der Waals surface area (Å²) in [6, 6.07) is 6.50. The smallest absolute Gasteiger partial charge is 0.269 e. The number of nitro groups is 1. The van der Waals surface area contributed by atoms with Gasteiger partial charge in [-0.15, -0.1) is 0 Å². The number of nitrogens with two attached hydrogens (primary N) is 1. The minimum Gasteiger partial charge on any atom is -0.324 e. The minimum atomic E-state index is -0.396. The second kappa shape index (κ2) is 6.23. The van der Waals surface area contributed by atoms with E-state index in [9.17, 15) is 10.1 Å². The number of nitrogens with zero attached hydrogens (tertiary/aromatic N) is 1. The second-order valence-electron chi connectivity index (χ2n) is 3.95. The first-order valence-electron chi connectivity index (χ1n) is 5.65. The molecule has 0 fully saturated rings. The summed E-state index contributed by atoms with van der Waals surface area (Å²) in [6.07, 6.45) is 4.40. The molecule has 0 aliphatic heterocycles. The van der Waals surface area contributed by atoms with Gasteiger partial charge in [0.15, 0.2) is 0 Å².